The molecule has 11 heteroatoms. The lowest BCUT2D eigenvalue weighted by Crippen LogP contribution is -2.40. The minimum Gasteiger partial charge on any atom is -0.479 e. The van der Waals surface area contributed by atoms with Crippen LogP contribution in [0.5, 0.6) is 5.75 Å². The molecule has 3 heterocycles. The number of aromatic nitrogens is 3. The zero-order valence-corrected chi connectivity index (χ0v) is 19.7. The summed E-state index contributed by atoms with van der Waals surface area (Å²) in [6.07, 6.45) is 0.431. The van der Waals surface area contributed by atoms with Gasteiger partial charge in [0, 0.05) is 25.9 Å². The van der Waals surface area contributed by atoms with E-state index in [2.05, 4.69) is 22.2 Å². The second-order valence-electron chi connectivity index (χ2n) is 9.04. The minimum atomic E-state index is -4.60. The summed E-state index contributed by atoms with van der Waals surface area (Å²) in [6, 6.07) is 7.57. The molecule has 0 radical (unpaired) electrons. The van der Waals surface area contributed by atoms with E-state index in [0.717, 1.165) is 42.3 Å². The fourth-order valence-corrected chi connectivity index (χ4v) is 4.63. The number of carboxylic acids is 1. The number of aryl methyl sites for hydroxylation is 1. The Bertz CT molecular complexity index is 1040. The van der Waals surface area contributed by atoms with Gasteiger partial charge in [0.1, 0.15) is 11.6 Å². The number of likely N-dealkylation sites (tertiary alicyclic amines) is 1. The Hall–Kier alpha value is -3.11. The summed E-state index contributed by atoms with van der Waals surface area (Å²) >= 11 is 0. The molecule has 0 spiro atoms. The molecule has 1 aromatic carbocycles. The summed E-state index contributed by atoms with van der Waals surface area (Å²) in [5.41, 5.74) is 1.14. The van der Waals surface area contributed by atoms with Crippen LogP contribution in [0.1, 0.15) is 75.0 Å². The van der Waals surface area contributed by atoms with Gasteiger partial charge in [0.15, 0.2) is 11.9 Å². The number of nitrogens with zero attached hydrogens (tertiary/aromatic N) is 5. The molecule has 35 heavy (non-hydrogen) atoms. The molecule has 4 rings (SSSR count). The third-order valence-electron chi connectivity index (χ3n) is 6.58. The van der Waals surface area contributed by atoms with Crippen LogP contribution < -0.4 is 4.74 Å². The zero-order chi connectivity index (χ0) is 25.0. The van der Waals surface area contributed by atoms with E-state index < -0.39 is 24.1 Å². The molecule has 2 aliphatic rings. The lowest BCUT2D eigenvalue weighted by atomic mass is 9.89. The molecular weight excluding hydrogens is 463 g/mol. The first-order valence-electron chi connectivity index (χ1n) is 12.1. The molecule has 1 N–H and O–H groups in total. The third kappa shape index (κ3) is 5.94. The van der Waals surface area contributed by atoms with Crippen LogP contribution in [0.25, 0.3) is 0 Å². The van der Waals surface area contributed by atoms with Crippen LogP contribution in [-0.2, 0) is 17.4 Å². The third-order valence-corrected chi connectivity index (χ3v) is 6.58. The Balaban J connectivity index is 1.34. The van der Waals surface area contributed by atoms with E-state index in [0.29, 0.717) is 49.9 Å². The van der Waals surface area contributed by atoms with Gasteiger partial charge in [-0.15, -0.1) is 10.2 Å². The number of aliphatic carboxylic acids is 1. The van der Waals surface area contributed by atoms with E-state index in [1.807, 2.05) is 29.2 Å². The highest BCUT2D eigenvalue weighted by atomic mass is 19.4. The minimum absolute atomic E-state index is 0.230. The van der Waals surface area contributed by atoms with Crippen molar-refractivity contribution in [2.75, 3.05) is 13.1 Å². The van der Waals surface area contributed by atoms with Gasteiger partial charge < -0.3 is 14.7 Å². The van der Waals surface area contributed by atoms with Crippen LogP contribution in [0.4, 0.5) is 13.2 Å². The maximum atomic E-state index is 13.2. The molecule has 1 aromatic heterocycles. The number of hydrogen-bond acceptors (Lipinski definition) is 6. The molecule has 2 aromatic rings. The molecule has 1 saturated heterocycles. The summed E-state index contributed by atoms with van der Waals surface area (Å²) in [6.45, 7) is 3.46. The Morgan fingerprint density at radius 2 is 1.86 bits per heavy atom. The van der Waals surface area contributed by atoms with Gasteiger partial charge in [-0.3, -0.25) is 0 Å². The molecule has 1 fully saturated rings. The number of unbranched alkanes of at least 4 members (excludes halogenated alkanes) is 2. The second-order valence-corrected chi connectivity index (χ2v) is 9.04. The average Bonchev–Trinajstić information content (AvgIpc) is 3.28. The predicted octanol–water partition coefficient (Wildman–Crippen LogP) is 4.70. The number of amidine groups is 1. The Morgan fingerprint density at radius 3 is 2.49 bits per heavy atom. The van der Waals surface area contributed by atoms with Crippen LogP contribution >= 0.6 is 0 Å². The number of halogens is 3. The number of piperidine rings is 1. The number of benzene rings is 1. The smallest absolute Gasteiger partial charge is 0.453 e. The van der Waals surface area contributed by atoms with Crippen molar-refractivity contribution in [1.29, 1.82) is 0 Å². The van der Waals surface area contributed by atoms with Crippen molar-refractivity contribution >= 4 is 11.8 Å². The molecule has 2 aliphatic heterocycles. The molecule has 0 amide bonds. The van der Waals surface area contributed by atoms with E-state index in [1.54, 1.807) is 0 Å². The summed E-state index contributed by atoms with van der Waals surface area (Å²) in [7, 11) is 0. The van der Waals surface area contributed by atoms with Crippen molar-refractivity contribution < 1.29 is 27.8 Å². The molecule has 1 atom stereocenters. The van der Waals surface area contributed by atoms with Crippen molar-refractivity contribution in [3.8, 4) is 5.75 Å². The molecular formula is C24H30F3N5O3. The fraction of sp³-hybridized carbons (Fsp3) is 0.583. The molecule has 0 saturated carbocycles. The predicted molar refractivity (Wildman–Crippen MR) is 122 cm³/mol. The van der Waals surface area contributed by atoms with Crippen molar-refractivity contribution in [1.82, 2.24) is 19.8 Å². The standard InChI is InChI=1S/C24H30F3N5O3/c1-2-3-4-5-19(22(33)34)35-18-8-6-16(7-9-18)17-12-14-31(15-13-17)21-11-10-20-28-29-23(24(25,26)27)32(20)30-21/h6-9,17,19H,2-5,10-15H2,1H3,(H,33,34). The van der Waals surface area contributed by atoms with Crippen molar-refractivity contribution in [3.63, 3.8) is 0 Å². The lowest BCUT2D eigenvalue weighted by molar-refractivity contribution is -0.147. The van der Waals surface area contributed by atoms with Crippen molar-refractivity contribution in [2.45, 2.75) is 76.5 Å². The highest BCUT2D eigenvalue weighted by molar-refractivity contribution is 5.83. The van der Waals surface area contributed by atoms with Gasteiger partial charge in [0.2, 0.25) is 0 Å². The molecule has 1 unspecified atom stereocenters. The topological polar surface area (TPSA) is 92.8 Å². The summed E-state index contributed by atoms with van der Waals surface area (Å²) in [4.78, 5) is 13.5. The van der Waals surface area contributed by atoms with Crippen LogP contribution in [0.15, 0.2) is 29.4 Å². The maximum Gasteiger partial charge on any atom is 0.453 e. The Labute approximate surface area is 201 Å². The average molecular weight is 494 g/mol. The van der Waals surface area contributed by atoms with Gasteiger partial charge in [-0.05, 0) is 49.3 Å². The van der Waals surface area contributed by atoms with Gasteiger partial charge >= 0.3 is 12.1 Å². The van der Waals surface area contributed by atoms with Crippen LogP contribution in [-0.4, -0.2) is 55.9 Å². The highest BCUT2D eigenvalue weighted by Crippen LogP contribution is 2.32. The van der Waals surface area contributed by atoms with E-state index in [4.69, 9.17) is 4.74 Å². The zero-order valence-electron chi connectivity index (χ0n) is 19.7. The van der Waals surface area contributed by atoms with E-state index in [9.17, 15) is 23.1 Å². The maximum absolute atomic E-state index is 13.2. The first-order valence-corrected chi connectivity index (χ1v) is 12.1. The number of carboxylic acid groups (broad SMARTS) is 1. The van der Waals surface area contributed by atoms with Crippen LogP contribution in [0.2, 0.25) is 0 Å². The molecule has 8 nitrogen and oxygen atoms in total. The number of carbonyl (C=O) groups is 1. The van der Waals surface area contributed by atoms with Gasteiger partial charge in [-0.25, -0.2) is 4.79 Å². The largest absolute Gasteiger partial charge is 0.479 e. The number of alkyl halides is 3. The number of ether oxygens (including phenoxy) is 1. The Morgan fingerprint density at radius 1 is 1.14 bits per heavy atom. The normalized spacial score (nSPS) is 17.6. The summed E-state index contributed by atoms with van der Waals surface area (Å²) in [5.74, 6) is -0.333. The van der Waals surface area contributed by atoms with Crippen LogP contribution in [0.3, 0.4) is 0 Å². The quantitative estimate of drug-likeness (QED) is 0.536. The van der Waals surface area contributed by atoms with Gasteiger partial charge in [-0.2, -0.15) is 22.9 Å². The molecule has 0 bridgehead atoms. The second kappa shape index (κ2) is 10.7. The van der Waals surface area contributed by atoms with Crippen molar-refractivity contribution in [2.24, 2.45) is 5.10 Å². The number of fused-ring (bicyclic) bond motifs is 1. The Kier molecular flexibility index (Phi) is 7.61. The first kappa shape index (κ1) is 25.0. The monoisotopic (exact) mass is 493 g/mol. The molecule has 190 valence electrons. The highest BCUT2D eigenvalue weighted by Gasteiger charge is 2.40. The van der Waals surface area contributed by atoms with Gasteiger partial charge in [0.05, 0.1) is 0 Å². The van der Waals surface area contributed by atoms with Crippen molar-refractivity contribution in [3.05, 3.63) is 41.5 Å². The summed E-state index contributed by atoms with van der Waals surface area (Å²) in [5, 5.41) is 20.5. The lowest BCUT2D eigenvalue weighted by Gasteiger charge is -2.35. The van der Waals surface area contributed by atoms with Gasteiger partial charge in [0.25, 0.3) is 5.82 Å². The fourth-order valence-electron chi connectivity index (χ4n) is 4.63. The SMILES string of the molecule is CCCCCC(Oc1ccc(C2CCN(C3=Nn4c(nnc4C(F)(F)F)CC3)CC2)cc1)C(=O)O. The number of rotatable bonds is 8. The first-order chi connectivity index (χ1) is 16.8. The van der Waals surface area contributed by atoms with E-state index in [1.165, 1.54) is 0 Å². The molecule has 0 aliphatic carbocycles. The van der Waals surface area contributed by atoms with Gasteiger partial charge in [-0.1, -0.05) is 31.9 Å². The van der Waals surface area contributed by atoms with E-state index in [-0.39, 0.29) is 5.82 Å². The van der Waals surface area contributed by atoms with Crippen LogP contribution in [0, 0.1) is 0 Å². The number of hydrogen-bond donors (Lipinski definition) is 1. The van der Waals surface area contributed by atoms with E-state index >= 15 is 0 Å². The summed E-state index contributed by atoms with van der Waals surface area (Å²) < 4.78 is 46.1.